The van der Waals surface area contributed by atoms with Crippen molar-refractivity contribution in [2.75, 3.05) is 13.2 Å². The maximum atomic E-state index is 14.0. The maximum absolute atomic E-state index is 14.0. The van der Waals surface area contributed by atoms with Crippen LogP contribution in [0.2, 0.25) is 0 Å². The summed E-state index contributed by atoms with van der Waals surface area (Å²) in [5.74, 6) is -1.42. The number of aromatic nitrogens is 1. The number of esters is 1. The second kappa shape index (κ2) is 10.4. The monoisotopic (exact) mass is 477 g/mol. The Labute approximate surface area is 205 Å². The minimum absolute atomic E-state index is 0.0918. The van der Waals surface area contributed by atoms with Crippen LogP contribution < -0.4 is 0 Å². The Morgan fingerprint density at radius 1 is 1.11 bits per heavy atom. The molecule has 0 saturated carbocycles. The topological polar surface area (TPSA) is 96.9 Å². The second-order valence-electron chi connectivity index (χ2n) is 9.24. The Morgan fingerprint density at radius 2 is 1.86 bits per heavy atom. The molecular weight excluding hydrogens is 446 g/mol. The van der Waals surface area contributed by atoms with Gasteiger partial charge < -0.3 is 9.64 Å². The molecule has 0 unspecified atom stereocenters. The minimum atomic E-state index is -1.32. The number of ether oxygens (including phenoxy) is 1. The SMILES string of the molecule is CCOC(=O)[C@@H]1CCCCN1C(=O)C[C@]1(c2ccccc2C)CC(=O)N(Cc2ccncc2)C1=O. The number of benzene rings is 1. The average molecular weight is 478 g/mol. The number of aryl methyl sites for hydroxylation is 1. The van der Waals surface area contributed by atoms with E-state index in [9.17, 15) is 19.2 Å². The summed E-state index contributed by atoms with van der Waals surface area (Å²) in [5.41, 5.74) is 0.983. The summed E-state index contributed by atoms with van der Waals surface area (Å²) in [6.45, 7) is 4.40. The summed E-state index contributed by atoms with van der Waals surface area (Å²) < 4.78 is 5.22. The van der Waals surface area contributed by atoms with Gasteiger partial charge >= 0.3 is 5.97 Å². The Morgan fingerprint density at radius 3 is 2.57 bits per heavy atom. The van der Waals surface area contributed by atoms with Crippen molar-refractivity contribution in [2.24, 2.45) is 0 Å². The van der Waals surface area contributed by atoms with Crippen LogP contribution in [-0.2, 0) is 35.9 Å². The summed E-state index contributed by atoms with van der Waals surface area (Å²) in [6, 6.07) is 10.3. The number of amides is 3. The van der Waals surface area contributed by atoms with Crippen LogP contribution in [0.3, 0.4) is 0 Å². The van der Waals surface area contributed by atoms with Crippen molar-refractivity contribution in [3.63, 3.8) is 0 Å². The van der Waals surface area contributed by atoms with Gasteiger partial charge in [0.15, 0.2) is 0 Å². The zero-order chi connectivity index (χ0) is 25.0. The molecule has 8 heteroatoms. The third-order valence-corrected chi connectivity index (χ3v) is 6.99. The Bertz CT molecular complexity index is 1120. The fraction of sp³-hybridized carbons (Fsp3) is 0.444. The number of imide groups is 1. The van der Waals surface area contributed by atoms with Crippen LogP contribution in [0.5, 0.6) is 0 Å². The van der Waals surface area contributed by atoms with Crippen molar-refractivity contribution >= 4 is 23.7 Å². The lowest BCUT2D eigenvalue weighted by Gasteiger charge is -2.37. The molecule has 2 fully saturated rings. The number of carbonyl (C=O) groups is 4. The third kappa shape index (κ3) is 4.83. The van der Waals surface area contributed by atoms with E-state index in [2.05, 4.69) is 4.98 Å². The summed E-state index contributed by atoms with van der Waals surface area (Å²) >= 11 is 0. The first-order valence-electron chi connectivity index (χ1n) is 12.1. The molecule has 0 radical (unpaired) electrons. The Kier molecular flexibility index (Phi) is 7.28. The number of rotatable bonds is 7. The molecule has 35 heavy (non-hydrogen) atoms. The highest BCUT2D eigenvalue weighted by Crippen LogP contribution is 2.42. The quantitative estimate of drug-likeness (QED) is 0.449. The molecule has 2 saturated heterocycles. The number of piperidine rings is 1. The van der Waals surface area contributed by atoms with E-state index in [-0.39, 0.29) is 43.7 Å². The minimum Gasteiger partial charge on any atom is -0.464 e. The van der Waals surface area contributed by atoms with Gasteiger partial charge in [-0.1, -0.05) is 24.3 Å². The summed E-state index contributed by atoms with van der Waals surface area (Å²) in [5, 5.41) is 0. The molecule has 0 bridgehead atoms. The number of hydrogen-bond acceptors (Lipinski definition) is 6. The molecule has 2 aliphatic heterocycles. The van der Waals surface area contributed by atoms with E-state index in [0.29, 0.717) is 18.5 Å². The van der Waals surface area contributed by atoms with Crippen molar-refractivity contribution in [2.45, 2.75) is 64.0 Å². The van der Waals surface area contributed by atoms with Gasteiger partial charge in [-0.2, -0.15) is 0 Å². The number of nitrogens with zero attached hydrogens (tertiary/aromatic N) is 3. The van der Waals surface area contributed by atoms with E-state index in [1.54, 1.807) is 36.4 Å². The van der Waals surface area contributed by atoms with Gasteiger partial charge in [0.05, 0.1) is 18.6 Å². The third-order valence-electron chi connectivity index (χ3n) is 6.99. The van der Waals surface area contributed by atoms with Gasteiger partial charge in [-0.25, -0.2) is 4.79 Å². The highest BCUT2D eigenvalue weighted by molar-refractivity contribution is 6.11. The fourth-order valence-corrected chi connectivity index (χ4v) is 5.26. The van der Waals surface area contributed by atoms with Gasteiger partial charge in [-0.05, 0) is 61.9 Å². The predicted molar refractivity (Wildman–Crippen MR) is 128 cm³/mol. The van der Waals surface area contributed by atoms with Crippen molar-refractivity contribution in [1.29, 1.82) is 0 Å². The number of carbonyl (C=O) groups excluding carboxylic acids is 4. The van der Waals surface area contributed by atoms with Gasteiger partial charge in [0.1, 0.15) is 6.04 Å². The van der Waals surface area contributed by atoms with Gasteiger partial charge in [0.25, 0.3) is 0 Å². The zero-order valence-corrected chi connectivity index (χ0v) is 20.2. The first-order valence-corrected chi connectivity index (χ1v) is 12.1. The van der Waals surface area contributed by atoms with Crippen LogP contribution in [-0.4, -0.2) is 57.7 Å². The van der Waals surface area contributed by atoms with E-state index in [1.165, 1.54) is 4.90 Å². The zero-order valence-electron chi connectivity index (χ0n) is 20.2. The molecule has 0 aliphatic carbocycles. The van der Waals surface area contributed by atoms with E-state index in [4.69, 9.17) is 4.74 Å². The summed E-state index contributed by atoms with van der Waals surface area (Å²) in [6.07, 6.45) is 5.10. The molecule has 4 rings (SSSR count). The number of likely N-dealkylation sites (tertiary alicyclic amines) is 2. The van der Waals surface area contributed by atoms with E-state index in [0.717, 1.165) is 24.0 Å². The molecule has 0 spiro atoms. The van der Waals surface area contributed by atoms with Crippen LogP contribution in [0.4, 0.5) is 0 Å². The first-order chi connectivity index (χ1) is 16.9. The second-order valence-corrected chi connectivity index (χ2v) is 9.24. The van der Waals surface area contributed by atoms with Crippen LogP contribution in [0, 0.1) is 6.92 Å². The van der Waals surface area contributed by atoms with Crippen molar-refractivity contribution in [3.8, 4) is 0 Å². The highest BCUT2D eigenvalue weighted by Gasteiger charge is 2.55. The molecule has 0 N–H and O–H groups in total. The summed E-state index contributed by atoms with van der Waals surface area (Å²) in [7, 11) is 0. The molecule has 1 aromatic heterocycles. The molecule has 184 valence electrons. The van der Waals surface area contributed by atoms with Crippen LogP contribution in [0.1, 0.15) is 55.7 Å². The molecule has 3 amide bonds. The van der Waals surface area contributed by atoms with Crippen LogP contribution in [0.25, 0.3) is 0 Å². The molecule has 3 heterocycles. The lowest BCUT2D eigenvalue weighted by molar-refractivity contribution is -0.157. The fourth-order valence-electron chi connectivity index (χ4n) is 5.26. The molecule has 2 atom stereocenters. The molecule has 1 aromatic carbocycles. The van der Waals surface area contributed by atoms with Crippen LogP contribution in [0.15, 0.2) is 48.8 Å². The standard InChI is InChI=1S/C27H31N3O5/c1-3-35-25(33)22-10-6-7-15-29(22)23(31)16-27(21-9-5-4-8-19(21)2)17-24(32)30(26(27)34)18-20-11-13-28-14-12-20/h4-5,8-9,11-14,22H,3,6-7,10,15-18H2,1-2H3/t22-,27+/m0/s1. The smallest absolute Gasteiger partial charge is 0.328 e. The summed E-state index contributed by atoms with van der Waals surface area (Å²) in [4.78, 5) is 60.2. The number of hydrogen-bond donors (Lipinski definition) is 0. The molecule has 8 nitrogen and oxygen atoms in total. The number of pyridine rings is 1. The largest absolute Gasteiger partial charge is 0.464 e. The van der Waals surface area contributed by atoms with Crippen molar-refractivity contribution in [3.05, 3.63) is 65.5 Å². The Hall–Kier alpha value is -3.55. The normalized spacial score (nSPS) is 22.4. The van der Waals surface area contributed by atoms with Crippen molar-refractivity contribution < 1.29 is 23.9 Å². The van der Waals surface area contributed by atoms with Gasteiger partial charge in [-0.3, -0.25) is 24.3 Å². The lowest BCUT2D eigenvalue weighted by atomic mass is 9.73. The van der Waals surface area contributed by atoms with Crippen molar-refractivity contribution in [1.82, 2.24) is 14.8 Å². The van der Waals surface area contributed by atoms with Gasteiger partial charge in [-0.15, -0.1) is 0 Å². The average Bonchev–Trinajstić information content (AvgIpc) is 3.09. The Balaban J connectivity index is 1.68. The first kappa shape index (κ1) is 24.6. The van der Waals surface area contributed by atoms with E-state index < -0.39 is 17.4 Å². The van der Waals surface area contributed by atoms with Gasteiger partial charge in [0, 0.05) is 31.8 Å². The lowest BCUT2D eigenvalue weighted by Crippen LogP contribution is -2.51. The van der Waals surface area contributed by atoms with Gasteiger partial charge in [0.2, 0.25) is 17.7 Å². The molecular formula is C27H31N3O5. The van der Waals surface area contributed by atoms with E-state index in [1.807, 2.05) is 31.2 Å². The van der Waals surface area contributed by atoms with E-state index >= 15 is 0 Å². The molecule has 2 aliphatic rings. The maximum Gasteiger partial charge on any atom is 0.328 e. The van der Waals surface area contributed by atoms with Crippen LogP contribution >= 0.6 is 0 Å². The predicted octanol–water partition coefficient (Wildman–Crippen LogP) is 2.92. The molecule has 2 aromatic rings. The highest BCUT2D eigenvalue weighted by atomic mass is 16.5.